The Hall–Kier alpha value is -3.16. The molecular formula is C40H42GeIrN4S-2. The maximum Gasteiger partial charge on any atom is 0 e. The average Bonchev–Trinajstić information content (AvgIpc) is 3.62. The maximum atomic E-state index is 8.49. The smallest absolute Gasteiger partial charge is 0 e. The van der Waals surface area contributed by atoms with Crippen LogP contribution in [-0.2, 0) is 20.1 Å². The van der Waals surface area contributed by atoms with Crippen molar-refractivity contribution in [2.24, 2.45) is 0 Å². The second kappa shape index (κ2) is 14.1. The van der Waals surface area contributed by atoms with Gasteiger partial charge in [-0.05, 0) is 49.1 Å². The topological polar surface area (TPSA) is 43.6 Å². The van der Waals surface area contributed by atoms with Gasteiger partial charge in [0.25, 0.3) is 0 Å². The zero-order valence-electron chi connectivity index (χ0n) is 32.1. The normalized spacial score (nSPS) is 13.5. The van der Waals surface area contributed by atoms with Crippen molar-refractivity contribution in [3.8, 4) is 22.6 Å². The Morgan fingerprint density at radius 1 is 0.936 bits per heavy atom. The van der Waals surface area contributed by atoms with Crippen molar-refractivity contribution in [2.75, 3.05) is 0 Å². The Morgan fingerprint density at radius 3 is 2.40 bits per heavy atom. The number of pyridine rings is 2. The maximum absolute atomic E-state index is 8.49. The number of hydrogen-bond acceptors (Lipinski definition) is 4. The van der Waals surface area contributed by atoms with E-state index in [1.165, 1.54) is 25.9 Å². The van der Waals surface area contributed by atoms with E-state index in [0.29, 0.717) is 6.04 Å². The fraction of sp³-hybridized carbons (Fsp3) is 0.275. The predicted octanol–water partition coefficient (Wildman–Crippen LogP) is 10.7. The number of aryl methyl sites for hydroxylation is 2. The van der Waals surface area contributed by atoms with Crippen LogP contribution in [0.25, 0.3) is 54.0 Å². The second-order valence-electron chi connectivity index (χ2n) is 13.2. The van der Waals surface area contributed by atoms with Gasteiger partial charge in [-0.15, -0.1) is 18.2 Å². The zero-order chi connectivity index (χ0) is 36.2. The number of rotatable bonds is 5. The van der Waals surface area contributed by atoms with Crippen molar-refractivity contribution in [1.29, 1.82) is 0 Å². The Balaban J connectivity index is 0.000000195. The first-order valence-electron chi connectivity index (χ1n) is 17.6. The van der Waals surface area contributed by atoms with Crippen LogP contribution in [-0.4, -0.2) is 32.8 Å². The summed E-state index contributed by atoms with van der Waals surface area (Å²) in [6, 6.07) is 30.3. The summed E-state index contributed by atoms with van der Waals surface area (Å²) < 4.78 is 35.6. The number of nitrogens with zero attached hydrogens (tertiary/aromatic N) is 4. The summed E-state index contributed by atoms with van der Waals surface area (Å²) in [7, 11) is 0. The first-order valence-corrected chi connectivity index (χ1v) is 23.8. The summed E-state index contributed by atoms with van der Waals surface area (Å²) >= 11 is -0.409. The van der Waals surface area contributed by atoms with Crippen molar-refractivity contribution >= 4 is 60.3 Å². The van der Waals surface area contributed by atoms with Crippen LogP contribution in [0.3, 0.4) is 0 Å². The molecule has 0 aliphatic heterocycles. The van der Waals surface area contributed by atoms with Crippen molar-refractivity contribution in [3.63, 3.8) is 0 Å². The summed E-state index contributed by atoms with van der Waals surface area (Å²) in [4.78, 5) is 15.3. The van der Waals surface area contributed by atoms with Gasteiger partial charge in [-0.1, -0.05) is 29.1 Å². The van der Waals surface area contributed by atoms with Gasteiger partial charge < -0.3 is 4.57 Å². The van der Waals surface area contributed by atoms with Crippen LogP contribution in [0.1, 0.15) is 61.9 Å². The van der Waals surface area contributed by atoms with Gasteiger partial charge in [0.1, 0.15) is 4.83 Å². The molecule has 4 nitrogen and oxygen atoms in total. The minimum absolute atomic E-state index is 0. The van der Waals surface area contributed by atoms with Crippen LogP contribution in [0.15, 0.2) is 79.0 Å². The number of aromatic nitrogens is 4. The quantitative estimate of drug-likeness (QED) is 0.128. The minimum Gasteiger partial charge on any atom is 0 e. The van der Waals surface area contributed by atoms with Crippen LogP contribution in [0.4, 0.5) is 0 Å². The molecule has 4 heterocycles. The van der Waals surface area contributed by atoms with Gasteiger partial charge in [0, 0.05) is 31.8 Å². The van der Waals surface area contributed by atoms with Crippen molar-refractivity contribution in [3.05, 3.63) is 108 Å². The van der Waals surface area contributed by atoms with E-state index in [1.54, 1.807) is 23.5 Å². The molecule has 0 bridgehead atoms. The fourth-order valence-electron chi connectivity index (χ4n) is 5.82. The van der Waals surface area contributed by atoms with Gasteiger partial charge in [-0.25, -0.2) is 4.98 Å². The molecule has 0 aliphatic carbocycles. The molecule has 243 valence electrons. The van der Waals surface area contributed by atoms with Gasteiger partial charge in [0.05, 0.1) is 16.9 Å². The average molecular weight is 880 g/mol. The van der Waals surface area contributed by atoms with E-state index < -0.39 is 26.0 Å². The number of benzene rings is 3. The Labute approximate surface area is 305 Å². The first-order chi connectivity index (χ1) is 23.4. The van der Waals surface area contributed by atoms with Crippen molar-refractivity contribution in [2.45, 2.75) is 70.7 Å². The Bertz CT molecular complexity index is 2330. The third-order valence-electron chi connectivity index (χ3n) is 8.11. The SMILES string of the molecule is Cc1ccc2c(n1)sc1c(-c3nc4ccccc4n3C(C)C)[c-]ccc12.[2H]C([2H])([2H])c1c[c-]c(-c2cc(C([2H])(C)C)[c]([Ge]([CH3])([CH3])[CH3])cn2)cc1.[Ir]. The largest absolute Gasteiger partial charge is 0 e. The Morgan fingerprint density at radius 2 is 1.72 bits per heavy atom. The molecule has 0 atom stereocenters. The van der Waals surface area contributed by atoms with E-state index >= 15 is 0 Å². The van der Waals surface area contributed by atoms with Gasteiger partial charge in [0.15, 0.2) is 0 Å². The number of imidazole rings is 1. The summed E-state index contributed by atoms with van der Waals surface area (Å²) in [6.07, 6.45) is 1.91. The van der Waals surface area contributed by atoms with Gasteiger partial charge in [-0.3, -0.25) is 4.98 Å². The summed E-state index contributed by atoms with van der Waals surface area (Å²) in [5.74, 6) is 7.16. The molecule has 0 saturated carbocycles. The predicted molar refractivity (Wildman–Crippen MR) is 200 cm³/mol. The van der Waals surface area contributed by atoms with Crippen LogP contribution in [0, 0.1) is 25.9 Å². The number of fused-ring (bicyclic) bond motifs is 4. The van der Waals surface area contributed by atoms with E-state index in [2.05, 4.69) is 89.2 Å². The molecule has 0 saturated heterocycles. The van der Waals surface area contributed by atoms with E-state index in [-0.39, 0.29) is 25.7 Å². The van der Waals surface area contributed by atoms with Gasteiger partial charge in [0.2, 0.25) is 0 Å². The van der Waals surface area contributed by atoms with Crippen LogP contribution < -0.4 is 4.40 Å². The molecule has 7 heteroatoms. The molecule has 0 fully saturated rings. The first kappa shape index (κ1) is 29.9. The van der Waals surface area contributed by atoms with E-state index in [0.717, 1.165) is 49.8 Å². The second-order valence-corrected chi connectivity index (χ2v) is 24.8. The number of thiophene rings is 1. The van der Waals surface area contributed by atoms with Crippen LogP contribution in [0.2, 0.25) is 17.3 Å². The van der Waals surface area contributed by atoms with Crippen LogP contribution >= 0.6 is 11.3 Å². The fourth-order valence-corrected chi connectivity index (χ4v) is 10.4. The molecule has 47 heavy (non-hydrogen) atoms. The molecule has 4 aromatic heterocycles. The standard InChI is InChI=1S/C22H18N3S.C18H24GeN.Ir/c1-13(2)25-19-10-5-4-9-18(19)24-21(25)17-8-6-7-15-16-12-11-14(3)23-22(16)26-20(15)17;1-13(2)16-11-18(15-9-7-14(3)8-10-15)20-12-17(16)19(4,5)6;/h4-7,9-13H,1-3H3;7-9,11-13H,1-6H3;/q2*-1;/i;3D3,13D;. The van der Waals surface area contributed by atoms with Crippen molar-refractivity contribution in [1.82, 2.24) is 19.5 Å². The number of para-hydroxylation sites is 2. The molecular weight excluding hydrogens is 833 g/mol. The van der Waals surface area contributed by atoms with Crippen molar-refractivity contribution < 1.29 is 25.6 Å². The molecule has 0 aliphatic rings. The third-order valence-corrected chi connectivity index (χ3v) is 13.5. The zero-order valence-corrected chi connectivity index (χ0v) is 33.4. The monoisotopic (exact) mass is 881 g/mol. The summed E-state index contributed by atoms with van der Waals surface area (Å²) in [5.41, 5.74) is 7.06. The third kappa shape index (κ3) is 7.17. The molecule has 1 radical (unpaired) electrons. The summed E-state index contributed by atoms with van der Waals surface area (Å²) in [6.45, 7) is 8.10. The summed E-state index contributed by atoms with van der Waals surface area (Å²) in [5, 5.41) is 2.44. The number of hydrogen-bond donors (Lipinski definition) is 0. The molecule has 7 aromatic rings. The van der Waals surface area contributed by atoms with Crippen LogP contribution in [0.5, 0.6) is 0 Å². The van der Waals surface area contributed by atoms with Gasteiger partial charge in [-0.2, -0.15) is 11.3 Å². The van der Waals surface area contributed by atoms with E-state index in [9.17, 15) is 0 Å². The van der Waals surface area contributed by atoms with E-state index in [4.69, 9.17) is 15.5 Å². The van der Waals surface area contributed by atoms with E-state index in [1.807, 2.05) is 45.2 Å². The molecule has 7 rings (SSSR count). The van der Waals surface area contributed by atoms with Gasteiger partial charge >= 0.3 is 131 Å². The molecule has 3 aromatic carbocycles. The molecule has 0 unspecified atom stereocenters. The minimum atomic E-state index is -2.14. The molecule has 0 amide bonds. The Kier molecular flexibility index (Phi) is 9.01. The molecule has 0 spiro atoms. The molecule has 0 N–H and O–H groups in total.